The predicted octanol–water partition coefficient (Wildman–Crippen LogP) is -0.173. The van der Waals surface area contributed by atoms with Gasteiger partial charge in [0.15, 0.2) is 0 Å². The Morgan fingerprint density at radius 3 is 2.13 bits per heavy atom. The highest BCUT2D eigenvalue weighted by atomic mass is 16.5. The lowest BCUT2D eigenvalue weighted by atomic mass is 10.1. The van der Waals surface area contributed by atoms with E-state index in [1.807, 2.05) is 13.0 Å². The number of hydrogen-bond donors (Lipinski definition) is 5. The highest BCUT2D eigenvalue weighted by Gasteiger charge is 2.25. The molecule has 0 aromatic heterocycles. The Hall–Kier alpha value is -4.59. The molecule has 14 nitrogen and oxygen atoms in total. The molecular formula is C32H44N6O8. The first kappa shape index (κ1) is 35.9. The van der Waals surface area contributed by atoms with Crippen LogP contribution in [0.2, 0.25) is 0 Å². The quantitative estimate of drug-likeness (QED) is 0.0695. The number of carbonyl (C=O) groups excluding carboxylic acids is 7. The average Bonchev–Trinajstić information content (AvgIpc) is 3.79. The van der Waals surface area contributed by atoms with Gasteiger partial charge < -0.3 is 31.3 Å². The molecule has 7 amide bonds. The van der Waals surface area contributed by atoms with E-state index in [2.05, 4.69) is 26.6 Å². The minimum Gasteiger partial charge on any atom is -0.358 e. The number of hydrogen-bond acceptors (Lipinski definition) is 8. The maximum atomic E-state index is 12.9. The number of amides is 7. The van der Waals surface area contributed by atoms with Gasteiger partial charge in [-0.25, -0.2) is 0 Å². The van der Waals surface area contributed by atoms with Crippen LogP contribution in [0.4, 0.5) is 0 Å². The largest absolute Gasteiger partial charge is 0.358 e. The van der Waals surface area contributed by atoms with E-state index in [1.54, 1.807) is 24.3 Å². The van der Waals surface area contributed by atoms with Crippen molar-refractivity contribution in [3.8, 4) is 0 Å². The molecular weight excluding hydrogens is 596 g/mol. The zero-order valence-corrected chi connectivity index (χ0v) is 26.2. The van der Waals surface area contributed by atoms with E-state index in [4.69, 9.17) is 4.74 Å². The van der Waals surface area contributed by atoms with Gasteiger partial charge in [-0.05, 0) is 37.7 Å². The van der Waals surface area contributed by atoms with Crippen molar-refractivity contribution in [3.05, 3.63) is 48.0 Å². The molecule has 250 valence electrons. The van der Waals surface area contributed by atoms with E-state index >= 15 is 0 Å². The van der Waals surface area contributed by atoms with E-state index in [1.165, 1.54) is 25.0 Å². The molecule has 3 rings (SSSR count). The molecule has 5 N–H and O–H groups in total. The average molecular weight is 641 g/mol. The summed E-state index contributed by atoms with van der Waals surface area (Å²) >= 11 is 0. The van der Waals surface area contributed by atoms with Gasteiger partial charge in [-0.15, -0.1) is 0 Å². The van der Waals surface area contributed by atoms with E-state index in [0.29, 0.717) is 25.2 Å². The smallest absolute Gasteiger partial charge is 0.253 e. The maximum absolute atomic E-state index is 12.9. The van der Waals surface area contributed by atoms with Crippen molar-refractivity contribution in [2.45, 2.75) is 70.4 Å². The third kappa shape index (κ3) is 14.0. The normalized spacial score (nSPS) is 15.2. The number of nitrogens with one attached hydrogen (secondary N) is 5. The lowest BCUT2D eigenvalue weighted by Gasteiger charge is -2.19. The molecule has 1 saturated carbocycles. The van der Waals surface area contributed by atoms with Gasteiger partial charge >= 0.3 is 0 Å². The second kappa shape index (κ2) is 19.0. The van der Waals surface area contributed by atoms with Gasteiger partial charge in [0.25, 0.3) is 11.8 Å². The molecule has 1 aliphatic heterocycles. The minimum absolute atomic E-state index is 0.0343. The molecule has 14 heteroatoms. The zero-order chi connectivity index (χ0) is 33.3. The Morgan fingerprint density at radius 1 is 0.804 bits per heavy atom. The van der Waals surface area contributed by atoms with Crippen molar-refractivity contribution in [2.75, 3.05) is 32.9 Å². The Labute approximate surface area is 268 Å². The highest BCUT2D eigenvalue weighted by molar-refractivity contribution is 6.12. The maximum Gasteiger partial charge on any atom is 0.253 e. The fourth-order valence-electron chi connectivity index (χ4n) is 4.71. The van der Waals surface area contributed by atoms with E-state index in [0.717, 1.165) is 16.9 Å². The highest BCUT2D eigenvalue weighted by Crippen LogP contribution is 2.33. The molecule has 46 heavy (non-hydrogen) atoms. The molecule has 0 spiro atoms. The number of benzene rings is 1. The number of rotatable bonds is 21. The summed E-state index contributed by atoms with van der Waals surface area (Å²) in [6, 6.07) is 8.02. The monoisotopic (exact) mass is 640 g/mol. The summed E-state index contributed by atoms with van der Waals surface area (Å²) in [4.78, 5) is 86.2. The summed E-state index contributed by atoms with van der Waals surface area (Å²) in [5.74, 6) is -2.53. The van der Waals surface area contributed by atoms with Gasteiger partial charge in [0.2, 0.25) is 29.5 Å². The van der Waals surface area contributed by atoms with Gasteiger partial charge in [0.05, 0.1) is 25.7 Å². The fourth-order valence-corrected chi connectivity index (χ4v) is 4.71. The van der Waals surface area contributed by atoms with Crippen LogP contribution < -0.4 is 26.6 Å². The zero-order valence-electron chi connectivity index (χ0n) is 26.2. The van der Waals surface area contributed by atoms with Crippen LogP contribution in [0.3, 0.4) is 0 Å². The summed E-state index contributed by atoms with van der Waals surface area (Å²) in [6.07, 6.45) is 7.89. The standard InChI is InChI=1S/C32H44N6O8/c1-22(16-24-11-12-24)46-21-36-28(41)19-35-32(45)25(17-23-8-4-2-5-9-23)37-29(42)20-34-27(40)18-33-26(39)10-6-3-7-15-38-30(43)13-14-31(38)44/h2,4-5,8-9,13-14,22,24-25H,3,6-7,10-12,15-21H2,1H3,(H,33,39)(H,34,40)(H,35,45)(H,36,41)(H,37,42)/t22-,25+/m1/s1. The number of ether oxygens (including phenoxy) is 1. The summed E-state index contributed by atoms with van der Waals surface area (Å²) in [5, 5.41) is 12.6. The summed E-state index contributed by atoms with van der Waals surface area (Å²) in [7, 11) is 0. The van der Waals surface area contributed by atoms with Crippen LogP contribution in [0.5, 0.6) is 0 Å². The molecule has 1 aromatic rings. The second-order valence-electron chi connectivity index (χ2n) is 11.5. The number of nitrogens with zero attached hydrogens (tertiary/aromatic N) is 1. The fraction of sp³-hybridized carbons (Fsp3) is 0.531. The SMILES string of the molecule is C[C@H](CC1CC1)OCNC(=O)CNC(=O)[C@H](Cc1ccccc1)NC(=O)CNC(=O)CNC(=O)CCCCCN1C(=O)C=CC1=O. The molecule has 0 bridgehead atoms. The summed E-state index contributed by atoms with van der Waals surface area (Å²) in [5.41, 5.74) is 0.784. The van der Waals surface area contributed by atoms with Crippen LogP contribution in [0.1, 0.15) is 57.4 Å². The van der Waals surface area contributed by atoms with Gasteiger partial charge in [-0.2, -0.15) is 0 Å². The molecule has 2 atom stereocenters. The van der Waals surface area contributed by atoms with Gasteiger partial charge in [0, 0.05) is 31.5 Å². The van der Waals surface area contributed by atoms with Crippen molar-refractivity contribution in [3.63, 3.8) is 0 Å². The second-order valence-corrected chi connectivity index (χ2v) is 11.5. The molecule has 0 unspecified atom stereocenters. The van der Waals surface area contributed by atoms with Gasteiger partial charge in [-0.1, -0.05) is 49.6 Å². The number of unbranched alkanes of at least 4 members (excludes halogenated alkanes) is 2. The van der Waals surface area contributed by atoms with Crippen molar-refractivity contribution in [1.29, 1.82) is 0 Å². The molecule has 0 saturated heterocycles. The van der Waals surface area contributed by atoms with Crippen molar-refractivity contribution >= 4 is 41.4 Å². The van der Waals surface area contributed by atoms with Crippen LogP contribution in [0, 0.1) is 5.92 Å². The van der Waals surface area contributed by atoms with Crippen molar-refractivity contribution in [1.82, 2.24) is 31.5 Å². The summed E-state index contributed by atoms with van der Waals surface area (Å²) < 4.78 is 5.59. The van der Waals surface area contributed by atoms with Crippen molar-refractivity contribution in [2.24, 2.45) is 5.92 Å². The topological polar surface area (TPSA) is 192 Å². The molecule has 1 aromatic carbocycles. The lowest BCUT2D eigenvalue weighted by Crippen LogP contribution is -2.52. The van der Waals surface area contributed by atoms with E-state index in [9.17, 15) is 33.6 Å². The summed E-state index contributed by atoms with van der Waals surface area (Å²) in [6.45, 7) is 1.22. The number of carbonyl (C=O) groups is 7. The molecule has 1 fully saturated rings. The van der Waals surface area contributed by atoms with Crippen LogP contribution in [-0.2, 0) is 44.7 Å². The lowest BCUT2D eigenvalue weighted by molar-refractivity contribution is -0.137. The Morgan fingerprint density at radius 2 is 1.43 bits per heavy atom. The third-order valence-electron chi connectivity index (χ3n) is 7.44. The molecule has 2 aliphatic rings. The first-order valence-corrected chi connectivity index (χ1v) is 15.7. The van der Waals surface area contributed by atoms with E-state index < -0.39 is 36.2 Å². The van der Waals surface area contributed by atoms with Gasteiger partial charge in [-0.3, -0.25) is 38.5 Å². The Kier molecular flexibility index (Phi) is 14.9. The van der Waals surface area contributed by atoms with Crippen LogP contribution in [0.25, 0.3) is 0 Å². The first-order valence-electron chi connectivity index (χ1n) is 15.7. The first-order chi connectivity index (χ1) is 22.1. The Balaban J connectivity index is 1.32. The van der Waals surface area contributed by atoms with Gasteiger partial charge in [0.1, 0.15) is 12.8 Å². The van der Waals surface area contributed by atoms with Crippen molar-refractivity contribution < 1.29 is 38.3 Å². The minimum atomic E-state index is -1.01. The van der Waals surface area contributed by atoms with Crippen LogP contribution in [0.15, 0.2) is 42.5 Å². The predicted molar refractivity (Wildman–Crippen MR) is 166 cm³/mol. The van der Waals surface area contributed by atoms with Crippen LogP contribution in [-0.4, -0.2) is 91.3 Å². The molecule has 1 heterocycles. The molecule has 0 radical (unpaired) electrons. The Bertz CT molecular complexity index is 1250. The van der Waals surface area contributed by atoms with Crippen LogP contribution >= 0.6 is 0 Å². The van der Waals surface area contributed by atoms with E-state index in [-0.39, 0.29) is 63.0 Å². The molecule has 1 aliphatic carbocycles. The third-order valence-corrected chi connectivity index (χ3v) is 7.44. The number of imide groups is 1.